The number of nitrogens with zero attached hydrogens (tertiary/aromatic N) is 7. The maximum atomic E-state index is 5.63. The van der Waals surface area contributed by atoms with E-state index in [4.69, 9.17) is 20.0 Å². The summed E-state index contributed by atoms with van der Waals surface area (Å²) in [5.41, 5.74) is 8.46. The van der Waals surface area contributed by atoms with E-state index in [1.54, 1.807) is 24.2 Å². The van der Waals surface area contributed by atoms with E-state index in [-0.39, 0.29) is 0 Å². The van der Waals surface area contributed by atoms with Gasteiger partial charge in [-0.2, -0.15) is 10.1 Å². The summed E-state index contributed by atoms with van der Waals surface area (Å²) in [6.45, 7) is 3.40. The molecule has 4 heterocycles. The average Bonchev–Trinajstić information content (AvgIpc) is 3.37. The minimum absolute atomic E-state index is 0.379. The number of ether oxygens (including phenoxy) is 1. The van der Waals surface area contributed by atoms with E-state index in [0.29, 0.717) is 42.3 Å². The number of aromatic nitrogens is 7. The Morgan fingerprint density at radius 2 is 1.97 bits per heavy atom. The molecule has 10 nitrogen and oxygen atoms in total. The number of hydrogen-bond donors (Lipinski definition) is 1. The molecule has 0 spiro atoms. The highest BCUT2D eigenvalue weighted by molar-refractivity contribution is 5.55. The zero-order chi connectivity index (χ0) is 22.1. The summed E-state index contributed by atoms with van der Waals surface area (Å²) in [7, 11) is 1.66. The van der Waals surface area contributed by atoms with Crippen LogP contribution in [0.2, 0.25) is 0 Å². The Balaban J connectivity index is 1.43. The topological polar surface area (TPSA) is 131 Å². The van der Waals surface area contributed by atoms with Crippen LogP contribution >= 0.6 is 0 Å². The number of methoxy groups -OCH3 is 1. The lowest BCUT2D eigenvalue weighted by atomic mass is 9.77. The second-order valence-corrected chi connectivity index (χ2v) is 8.14. The first kappa shape index (κ1) is 20.3. The van der Waals surface area contributed by atoms with Gasteiger partial charge >= 0.3 is 0 Å². The van der Waals surface area contributed by atoms with E-state index in [1.807, 2.05) is 18.5 Å². The van der Waals surface area contributed by atoms with Gasteiger partial charge in [0, 0.05) is 19.5 Å². The smallest absolute Gasteiger partial charge is 0.261 e. The molecule has 5 rings (SSSR count). The third kappa shape index (κ3) is 3.73. The molecule has 4 aromatic rings. The van der Waals surface area contributed by atoms with Crippen molar-refractivity contribution in [3.8, 4) is 22.8 Å². The predicted octanol–water partition coefficient (Wildman–Crippen LogP) is 2.73. The minimum Gasteiger partial charge on any atom is -0.383 e. The van der Waals surface area contributed by atoms with Gasteiger partial charge in [-0.1, -0.05) is 11.2 Å². The molecule has 0 saturated heterocycles. The SMILES string of the molecule is COCCn1cc(-c2nc([C@@](C)(c3ccc(-c4cnc(N)cn4)nc3)C3CC3)no2)cn1. The Bertz CT molecular complexity index is 1200. The van der Waals surface area contributed by atoms with E-state index in [2.05, 4.69) is 38.2 Å². The van der Waals surface area contributed by atoms with Crippen LogP contribution in [0.4, 0.5) is 5.82 Å². The first-order chi connectivity index (χ1) is 15.6. The summed E-state index contributed by atoms with van der Waals surface area (Å²) in [6, 6.07) is 3.99. The lowest BCUT2D eigenvalue weighted by Crippen LogP contribution is -2.28. The molecule has 0 bridgehead atoms. The van der Waals surface area contributed by atoms with Crippen LogP contribution in [0.3, 0.4) is 0 Å². The fourth-order valence-corrected chi connectivity index (χ4v) is 3.86. The summed E-state index contributed by atoms with van der Waals surface area (Å²) in [6.07, 6.45) is 10.8. The van der Waals surface area contributed by atoms with Gasteiger partial charge in [0.25, 0.3) is 5.89 Å². The monoisotopic (exact) mass is 432 g/mol. The molecule has 1 saturated carbocycles. The highest BCUT2D eigenvalue weighted by atomic mass is 16.5. The van der Waals surface area contributed by atoms with Gasteiger partial charge in [0.05, 0.1) is 48.4 Å². The lowest BCUT2D eigenvalue weighted by molar-refractivity contribution is 0.183. The normalized spacial score (nSPS) is 15.6. The van der Waals surface area contributed by atoms with Crippen LogP contribution in [0.1, 0.15) is 31.2 Å². The van der Waals surface area contributed by atoms with Gasteiger partial charge in [-0.05, 0) is 37.3 Å². The Morgan fingerprint density at radius 3 is 2.66 bits per heavy atom. The number of hydrogen-bond acceptors (Lipinski definition) is 9. The summed E-state index contributed by atoms with van der Waals surface area (Å²) in [4.78, 5) is 17.8. The van der Waals surface area contributed by atoms with Crippen molar-refractivity contribution in [1.29, 1.82) is 0 Å². The first-order valence-corrected chi connectivity index (χ1v) is 10.5. The molecule has 1 aliphatic carbocycles. The van der Waals surface area contributed by atoms with Gasteiger partial charge in [-0.15, -0.1) is 0 Å². The Labute approximate surface area is 184 Å². The number of rotatable bonds is 8. The van der Waals surface area contributed by atoms with Crippen molar-refractivity contribution < 1.29 is 9.26 Å². The van der Waals surface area contributed by atoms with Crippen molar-refractivity contribution in [2.45, 2.75) is 31.7 Å². The Kier molecular flexibility index (Phi) is 5.14. The van der Waals surface area contributed by atoms with Crippen LogP contribution in [0, 0.1) is 5.92 Å². The first-order valence-electron chi connectivity index (χ1n) is 10.5. The van der Waals surface area contributed by atoms with Crippen LogP contribution < -0.4 is 5.73 Å². The quantitative estimate of drug-likeness (QED) is 0.446. The summed E-state index contributed by atoms with van der Waals surface area (Å²) in [5, 5.41) is 8.68. The van der Waals surface area contributed by atoms with Crippen molar-refractivity contribution in [3.05, 3.63) is 54.5 Å². The minimum atomic E-state index is -0.397. The standard InChI is InChI=1S/C22H24N8O2/c1-22(15-3-4-15,16-5-6-17(24-10-16)18-11-26-19(23)12-25-18)21-28-20(32-29-21)14-9-27-30(13-14)7-8-31-2/h5-6,9-13,15H,3-4,7-8H2,1-2H3,(H2,23,26)/t22-/m1/s1. The lowest BCUT2D eigenvalue weighted by Gasteiger charge is -2.26. The van der Waals surface area contributed by atoms with Crippen LogP contribution in [0.15, 0.2) is 47.6 Å². The molecule has 1 atom stereocenters. The fraction of sp³-hybridized carbons (Fsp3) is 0.364. The van der Waals surface area contributed by atoms with Crippen molar-refractivity contribution in [2.24, 2.45) is 5.92 Å². The third-order valence-electron chi connectivity index (χ3n) is 5.99. The molecule has 0 aromatic carbocycles. The fourth-order valence-electron chi connectivity index (χ4n) is 3.86. The Morgan fingerprint density at radius 1 is 1.12 bits per heavy atom. The zero-order valence-electron chi connectivity index (χ0n) is 18.0. The second-order valence-electron chi connectivity index (χ2n) is 8.14. The van der Waals surface area contributed by atoms with Crippen molar-refractivity contribution >= 4 is 5.82 Å². The maximum Gasteiger partial charge on any atom is 0.261 e. The van der Waals surface area contributed by atoms with E-state index in [1.165, 1.54) is 6.20 Å². The van der Waals surface area contributed by atoms with Gasteiger partial charge in [-0.25, -0.2) is 9.97 Å². The van der Waals surface area contributed by atoms with E-state index < -0.39 is 5.41 Å². The zero-order valence-corrected chi connectivity index (χ0v) is 18.0. The van der Waals surface area contributed by atoms with E-state index >= 15 is 0 Å². The molecular formula is C22H24N8O2. The number of pyridine rings is 1. The van der Waals surface area contributed by atoms with Gasteiger partial charge < -0.3 is 15.0 Å². The molecule has 0 aliphatic heterocycles. The molecule has 10 heteroatoms. The molecule has 0 amide bonds. The summed E-state index contributed by atoms with van der Waals surface area (Å²) >= 11 is 0. The highest BCUT2D eigenvalue weighted by Gasteiger charge is 2.47. The molecule has 164 valence electrons. The molecule has 2 N–H and O–H groups in total. The van der Waals surface area contributed by atoms with Crippen LogP contribution in [-0.2, 0) is 16.7 Å². The number of nitrogens with two attached hydrogens (primary N) is 1. The van der Waals surface area contributed by atoms with Crippen LogP contribution in [0.25, 0.3) is 22.8 Å². The Hall–Kier alpha value is -3.66. The van der Waals surface area contributed by atoms with Crippen molar-refractivity contribution in [1.82, 2.24) is 34.9 Å². The predicted molar refractivity (Wildman–Crippen MR) is 116 cm³/mol. The van der Waals surface area contributed by atoms with Crippen molar-refractivity contribution in [2.75, 3.05) is 19.5 Å². The van der Waals surface area contributed by atoms with Gasteiger partial charge in [0.1, 0.15) is 11.5 Å². The van der Waals surface area contributed by atoms with Crippen LogP contribution in [0.5, 0.6) is 0 Å². The van der Waals surface area contributed by atoms with Crippen LogP contribution in [-0.4, -0.2) is 48.6 Å². The van der Waals surface area contributed by atoms with Gasteiger partial charge in [-0.3, -0.25) is 9.67 Å². The molecular weight excluding hydrogens is 408 g/mol. The molecule has 0 radical (unpaired) electrons. The van der Waals surface area contributed by atoms with Gasteiger partial charge in [0.15, 0.2) is 5.82 Å². The number of nitrogen functional groups attached to an aromatic ring is 1. The third-order valence-corrected chi connectivity index (χ3v) is 5.99. The molecule has 4 aromatic heterocycles. The second kappa shape index (κ2) is 8.12. The maximum absolute atomic E-state index is 5.63. The number of anilines is 1. The summed E-state index contributed by atoms with van der Waals surface area (Å²) < 4.78 is 12.5. The van der Waals surface area contributed by atoms with E-state index in [9.17, 15) is 0 Å². The highest BCUT2D eigenvalue weighted by Crippen LogP contribution is 2.50. The average molecular weight is 432 g/mol. The molecule has 0 unspecified atom stereocenters. The molecule has 32 heavy (non-hydrogen) atoms. The van der Waals surface area contributed by atoms with Gasteiger partial charge in [0.2, 0.25) is 0 Å². The van der Waals surface area contributed by atoms with E-state index in [0.717, 1.165) is 29.7 Å². The van der Waals surface area contributed by atoms with Crippen molar-refractivity contribution in [3.63, 3.8) is 0 Å². The largest absolute Gasteiger partial charge is 0.383 e. The molecule has 1 fully saturated rings. The summed E-state index contributed by atoms with van der Waals surface area (Å²) in [5.74, 6) is 1.92. The molecule has 1 aliphatic rings.